The number of amidine groups is 1. The second-order valence-electron chi connectivity index (χ2n) is 2.68. The number of hydrogen-bond acceptors (Lipinski definition) is 3. The van der Waals surface area contributed by atoms with Gasteiger partial charge in [-0.15, -0.1) is 0 Å². The van der Waals surface area contributed by atoms with Gasteiger partial charge in [0.2, 0.25) is 0 Å². The van der Waals surface area contributed by atoms with E-state index in [2.05, 4.69) is 10.1 Å². The number of carbonyl (C=O) groups is 1. The molecule has 1 aliphatic rings. The Kier molecular flexibility index (Phi) is 6.80. The molecule has 0 aromatic carbocycles. The third-order valence-corrected chi connectivity index (χ3v) is 1.59. The number of likely N-dealkylation sites (N-methyl/N-ethyl adjacent to an activating group) is 1. The predicted molar refractivity (Wildman–Crippen MR) is 64.0 cm³/mol. The van der Waals surface area contributed by atoms with E-state index in [9.17, 15) is 0 Å². The molecule has 0 spiro atoms. The zero-order chi connectivity index (χ0) is 11.7. The lowest BCUT2D eigenvalue weighted by Crippen LogP contribution is -2.16. The van der Waals surface area contributed by atoms with Crippen molar-refractivity contribution in [3.8, 4) is 0 Å². The van der Waals surface area contributed by atoms with Crippen molar-refractivity contribution in [3.05, 3.63) is 23.9 Å². The smallest absolute Gasteiger partial charge is 0.157 e. The van der Waals surface area contributed by atoms with Crippen LogP contribution < -0.4 is 0 Å². The standard InChI is InChI=1S/C9H13N3.C2H4O/c1-4-6-10-9-8(5-2)7-11-12(9)3;1-2-3/h4-7H,1-3H3;2H,1H3/b6-4-,8-5-,10-9+;. The van der Waals surface area contributed by atoms with Gasteiger partial charge in [0, 0.05) is 18.8 Å². The first-order chi connectivity index (χ1) is 7.21. The summed E-state index contributed by atoms with van der Waals surface area (Å²) in [5, 5.41) is 5.86. The first kappa shape index (κ1) is 13.3. The van der Waals surface area contributed by atoms with Gasteiger partial charge >= 0.3 is 0 Å². The van der Waals surface area contributed by atoms with Gasteiger partial charge in [0.15, 0.2) is 5.84 Å². The van der Waals surface area contributed by atoms with Crippen LogP contribution in [0.1, 0.15) is 20.8 Å². The average Bonchev–Trinajstić information content (AvgIpc) is 2.57. The van der Waals surface area contributed by atoms with Crippen LogP contribution in [-0.4, -0.2) is 30.4 Å². The Morgan fingerprint density at radius 3 is 2.47 bits per heavy atom. The molecule has 0 aromatic rings. The van der Waals surface area contributed by atoms with Gasteiger partial charge in [-0.05, 0) is 20.8 Å². The normalized spacial score (nSPS) is 19.9. The first-order valence-electron chi connectivity index (χ1n) is 4.74. The maximum Gasteiger partial charge on any atom is 0.157 e. The molecule has 1 aliphatic heterocycles. The topological polar surface area (TPSA) is 45.0 Å². The van der Waals surface area contributed by atoms with E-state index in [4.69, 9.17) is 4.79 Å². The molecule has 1 heterocycles. The number of rotatable bonds is 1. The lowest BCUT2D eigenvalue weighted by molar-refractivity contribution is -0.106. The summed E-state index contributed by atoms with van der Waals surface area (Å²) in [6.45, 7) is 5.36. The molecule has 4 heteroatoms. The number of hydrazone groups is 1. The Labute approximate surface area is 90.7 Å². The average molecular weight is 207 g/mol. The molecule has 0 unspecified atom stereocenters. The Hall–Kier alpha value is -1.71. The van der Waals surface area contributed by atoms with Gasteiger partial charge in [-0.1, -0.05) is 12.2 Å². The van der Waals surface area contributed by atoms with Crippen LogP contribution in [0.5, 0.6) is 0 Å². The van der Waals surface area contributed by atoms with Crippen molar-refractivity contribution < 1.29 is 4.79 Å². The summed E-state index contributed by atoms with van der Waals surface area (Å²) in [7, 11) is 1.88. The van der Waals surface area contributed by atoms with Crippen molar-refractivity contribution in [3.63, 3.8) is 0 Å². The van der Waals surface area contributed by atoms with Crippen molar-refractivity contribution >= 4 is 18.3 Å². The van der Waals surface area contributed by atoms with E-state index in [1.165, 1.54) is 6.92 Å². The molecule has 0 N–H and O–H groups in total. The minimum Gasteiger partial charge on any atom is -0.304 e. The maximum absolute atomic E-state index is 8.81. The van der Waals surface area contributed by atoms with E-state index in [-0.39, 0.29) is 0 Å². The number of aliphatic imine (C=N–C) groups is 1. The minimum absolute atomic E-state index is 0.750. The van der Waals surface area contributed by atoms with Crippen LogP contribution in [0.3, 0.4) is 0 Å². The Morgan fingerprint density at radius 1 is 1.40 bits per heavy atom. The molecule has 4 nitrogen and oxygen atoms in total. The van der Waals surface area contributed by atoms with Crippen LogP contribution >= 0.6 is 0 Å². The Morgan fingerprint density at radius 2 is 2.00 bits per heavy atom. The van der Waals surface area contributed by atoms with Gasteiger partial charge < -0.3 is 4.79 Å². The summed E-state index contributed by atoms with van der Waals surface area (Å²) in [6.07, 6.45) is 8.22. The number of nitrogens with zero attached hydrogens (tertiary/aromatic N) is 3. The highest BCUT2D eigenvalue weighted by atomic mass is 16.1. The summed E-state index contributed by atoms with van der Waals surface area (Å²) in [4.78, 5) is 13.0. The minimum atomic E-state index is 0.750. The molecule has 0 saturated carbocycles. The van der Waals surface area contributed by atoms with Crippen molar-refractivity contribution in [1.82, 2.24) is 5.01 Å². The van der Waals surface area contributed by atoms with Crippen molar-refractivity contribution in [1.29, 1.82) is 0 Å². The van der Waals surface area contributed by atoms with E-state index in [1.54, 1.807) is 11.2 Å². The molecule has 1 rings (SSSR count). The predicted octanol–water partition coefficient (Wildman–Crippen LogP) is 2.00. The number of carbonyl (C=O) groups excluding carboxylic acids is 1. The van der Waals surface area contributed by atoms with Crippen LogP contribution in [0.15, 0.2) is 34.0 Å². The van der Waals surface area contributed by atoms with Gasteiger partial charge in [0.05, 0.1) is 6.21 Å². The molecule has 82 valence electrons. The number of hydrogen-bond donors (Lipinski definition) is 0. The molecule has 0 aromatic heterocycles. The van der Waals surface area contributed by atoms with E-state index < -0.39 is 0 Å². The second kappa shape index (κ2) is 7.67. The maximum atomic E-state index is 8.81. The fourth-order valence-electron chi connectivity index (χ4n) is 0.955. The van der Waals surface area contributed by atoms with E-state index >= 15 is 0 Å². The molecule has 0 fully saturated rings. The lowest BCUT2D eigenvalue weighted by atomic mass is 10.2. The Bertz CT molecular complexity index is 314. The van der Waals surface area contributed by atoms with Crippen molar-refractivity contribution in [2.45, 2.75) is 20.8 Å². The summed E-state index contributed by atoms with van der Waals surface area (Å²) < 4.78 is 0. The fraction of sp³-hybridized carbons (Fsp3) is 0.364. The van der Waals surface area contributed by atoms with Crippen LogP contribution in [0.4, 0.5) is 0 Å². The van der Waals surface area contributed by atoms with Crippen LogP contribution in [0, 0.1) is 0 Å². The highest BCUT2D eigenvalue weighted by Crippen LogP contribution is 2.08. The molecule has 0 saturated heterocycles. The molecule has 0 amide bonds. The first-order valence-corrected chi connectivity index (χ1v) is 4.74. The Balaban J connectivity index is 0.000000583. The monoisotopic (exact) mass is 207 g/mol. The zero-order valence-corrected chi connectivity index (χ0v) is 9.64. The van der Waals surface area contributed by atoms with Crippen molar-refractivity contribution in [2.24, 2.45) is 10.1 Å². The van der Waals surface area contributed by atoms with Crippen LogP contribution in [0.2, 0.25) is 0 Å². The molecule has 0 aliphatic carbocycles. The SMILES string of the molecule is CC=O.C\C=C/N=C1\C(=C/C)C=NN1C. The van der Waals surface area contributed by atoms with Gasteiger partial charge in [0.25, 0.3) is 0 Å². The quantitative estimate of drug-likeness (QED) is 0.617. The van der Waals surface area contributed by atoms with Gasteiger partial charge in [-0.25, -0.2) is 4.99 Å². The summed E-state index contributed by atoms with van der Waals surface area (Å²) in [5.74, 6) is 0.899. The number of aldehydes is 1. The largest absolute Gasteiger partial charge is 0.304 e. The molecular weight excluding hydrogens is 190 g/mol. The lowest BCUT2D eigenvalue weighted by Gasteiger charge is -2.06. The summed E-state index contributed by atoms with van der Waals surface area (Å²) >= 11 is 0. The second-order valence-corrected chi connectivity index (χ2v) is 2.68. The zero-order valence-electron chi connectivity index (χ0n) is 9.64. The van der Waals surface area contributed by atoms with Crippen LogP contribution in [-0.2, 0) is 4.79 Å². The summed E-state index contributed by atoms with van der Waals surface area (Å²) in [5.41, 5.74) is 1.07. The molecule has 0 bridgehead atoms. The van der Waals surface area contributed by atoms with Gasteiger partial charge in [0.1, 0.15) is 6.29 Å². The highest BCUT2D eigenvalue weighted by molar-refractivity contribution is 6.18. The van der Waals surface area contributed by atoms with E-state index in [1.807, 2.05) is 39.3 Å². The highest BCUT2D eigenvalue weighted by Gasteiger charge is 2.14. The third kappa shape index (κ3) is 4.35. The van der Waals surface area contributed by atoms with Crippen molar-refractivity contribution in [2.75, 3.05) is 7.05 Å². The van der Waals surface area contributed by atoms with Gasteiger partial charge in [-0.3, -0.25) is 5.01 Å². The molecular formula is C11H17N3O. The fourth-order valence-corrected chi connectivity index (χ4v) is 0.955. The third-order valence-electron chi connectivity index (χ3n) is 1.59. The van der Waals surface area contributed by atoms with E-state index in [0.29, 0.717) is 0 Å². The summed E-state index contributed by atoms with van der Waals surface area (Å²) in [6, 6.07) is 0. The molecule has 15 heavy (non-hydrogen) atoms. The molecule has 0 atom stereocenters. The molecule has 0 radical (unpaired) electrons. The number of allylic oxidation sites excluding steroid dienone is 2. The van der Waals surface area contributed by atoms with Gasteiger partial charge in [-0.2, -0.15) is 5.10 Å². The van der Waals surface area contributed by atoms with Crippen LogP contribution in [0.25, 0.3) is 0 Å². The van der Waals surface area contributed by atoms with E-state index in [0.717, 1.165) is 17.7 Å².